The van der Waals surface area contributed by atoms with Gasteiger partial charge in [-0.25, -0.2) is 10.2 Å². The summed E-state index contributed by atoms with van der Waals surface area (Å²) in [6, 6.07) is 11.5. The Morgan fingerprint density at radius 2 is 2.00 bits per heavy atom. The molecule has 0 saturated carbocycles. The van der Waals surface area contributed by atoms with E-state index in [9.17, 15) is 14.7 Å². The summed E-state index contributed by atoms with van der Waals surface area (Å²) in [7, 11) is 1.44. The van der Waals surface area contributed by atoms with E-state index in [0.29, 0.717) is 5.56 Å². The molecule has 174 valence electrons. The first-order valence-corrected chi connectivity index (χ1v) is 10.6. The van der Waals surface area contributed by atoms with Gasteiger partial charge in [0.25, 0.3) is 5.91 Å². The maximum Gasteiger partial charge on any atom is 0.407 e. The molecule has 0 aliphatic heterocycles. The second kappa shape index (κ2) is 11.0. The smallest absolute Gasteiger partial charge is 0.407 e. The van der Waals surface area contributed by atoms with Crippen LogP contribution >= 0.6 is 0 Å². The van der Waals surface area contributed by atoms with Crippen molar-refractivity contribution in [2.45, 2.75) is 26.3 Å². The largest absolute Gasteiger partial charge is 0.504 e. The molecule has 0 unspecified atom stereocenters. The molecular formula is C24H28N4O5. The highest BCUT2D eigenvalue weighted by Crippen LogP contribution is 2.25. The van der Waals surface area contributed by atoms with E-state index in [1.165, 1.54) is 19.4 Å². The number of benzene rings is 2. The van der Waals surface area contributed by atoms with Gasteiger partial charge in [0, 0.05) is 23.5 Å². The van der Waals surface area contributed by atoms with Gasteiger partial charge in [0.2, 0.25) is 0 Å². The summed E-state index contributed by atoms with van der Waals surface area (Å²) in [5.74, 6) is -0.0361. The number of carbonyl (C=O) groups is 2. The second-order valence-electron chi connectivity index (χ2n) is 7.92. The molecular weight excluding hydrogens is 424 g/mol. The molecule has 0 aliphatic rings. The Kier molecular flexibility index (Phi) is 7.91. The zero-order valence-electron chi connectivity index (χ0n) is 18.8. The lowest BCUT2D eigenvalue weighted by atomic mass is 10.0. The number of amides is 2. The topological polar surface area (TPSA) is 125 Å². The first kappa shape index (κ1) is 23.6. The SMILES string of the molecule is COc1cc(/C=N\NC(=O)[C@H](Cc2c[nH]c3ccccc23)NC(=O)OCC(C)C)ccc1O. The highest BCUT2D eigenvalue weighted by Gasteiger charge is 2.23. The van der Waals surface area contributed by atoms with Crippen LogP contribution < -0.4 is 15.5 Å². The van der Waals surface area contributed by atoms with Crippen LogP contribution in [-0.2, 0) is 16.0 Å². The van der Waals surface area contributed by atoms with Crippen LogP contribution in [0.3, 0.4) is 0 Å². The second-order valence-corrected chi connectivity index (χ2v) is 7.92. The summed E-state index contributed by atoms with van der Waals surface area (Å²) in [5.41, 5.74) is 4.89. The van der Waals surface area contributed by atoms with Crippen molar-refractivity contribution in [3.8, 4) is 11.5 Å². The van der Waals surface area contributed by atoms with Gasteiger partial charge < -0.3 is 24.9 Å². The van der Waals surface area contributed by atoms with E-state index in [1.54, 1.807) is 12.1 Å². The van der Waals surface area contributed by atoms with Crippen LogP contribution in [0.1, 0.15) is 25.0 Å². The van der Waals surface area contributed by atoms with Crippen molar-refractivity contribution in [1.82, 2.24) is 15.7 Å². The van der Waals surface area contributed by atoms with E-state index in [2.05, 4.69) is 20.8 Å². The summed E-state index contributed by atoms with van der Waals surface area (Å²) >= 11 is 0. The van der Waals surface area contributed by atoms with Crippen molar-refractivity contribution in [2.75, 3.05) is 13.7 Å². The number of aromatic hydroxyl groups is 1. The summed E-state index contributed by atoms with van der Waals surface area (Å²) in [6.45, 7) is 4.10. The molecule has 4 N–H and O–H groups in total. The number of para-hydroxylation sites is 1. The molecule has 0 fully saturated rings. The van der Waals surface area contributed by atoms with Crippen LogP contribution in [0, 0.1) is 5.92 Å². The lowest BCUT2D eigenvalue weighted by molar-refractivity contribution is -0.123. The zero-order chi connectivity index (χ0) is 23.8. The Bertz CT molecular complexity index is 1140. The molecule has 1 atom stereocenters. The Balaban J connectivity index is 1.73. The van der Waals surface area contributed by atoms with Crippen LogP contribution in [-0.4, -0.2) is 48.1 Å². The van der Waals surface area contributed by atoms with Crippen LogP contribution in [0.2, 0.25) is 0 Å². The summed E-state index contributed by atoms with van der Waals surface area (Å²) in [5, 5.41) is 17.3. The van der Waals surface area contributed by atoms with Gasteiger partial charge in [-0.2, -0.15) is 5.10 Å². The van der Waals surface area contributed by atoms with Crippen LogP contribution in [0.15, 0.2) is 53.8 Å². The van der Waals surface area contributed by atoms with Gasteiger partial charge in [-0.1, -0.05) is 32.0 Å². The number of fused-ring (bicyclic) bond motifs is 1. The number of phenolic OH excluding ortho intramolecular Hbond substituents is 1. The van der Waals surface area contributed by atoms with Gasteiger partial charge in [0.15, 0.2) is 11.5 Å². The number of nitrogens with one attached hydrogen (secondary N) is 3. The lowest BCUT2D eigenvalue weighted by Gasteiger charge is -2.17. The number of nitrogens with zero attached hydrogens (tertiary/aromatic N) is 1. The van der Waals surface area contributed by atoms with Crippen LogP contribution in [0.4, 0.5) is 4.79 Å². The van der Waals surface area contributed by atoms with E-state index < -0.39 is 18.0 Å². The average molecular weight is 453 g/mol. The third-order valence-corrected chi connectivity index (χ3v) is 4.85. The Morgan fingerprint density at radius 3 is 2.76 bits per heavy atom. The van der Waals surface area contributed by atoms with Gasteiger partial charge in [0.1, 0.15) is 6.04 Å². The summed E-state index contributed by atoms with van der Waals surface area (Å²) < 4.78 is 10.3. The molecule has 2 aromatic carbocycles. The summed E-state index contributed by atoms with van der Waals surface area (Å²) in [6.07, 6.45) is 2.81. The minimum Gasteiger partial charge on any atom is -0.504 e. The molecule has 0 radical (unpaired) electrons. The number of ether oxygens (including phenoxy) is 2. The van der Waals surface area contributed by atoms with E-state index in [4.69, 9.17) is 9.47 Å². The Labute approximate surface area is 191 Å². The van der Waals surface area contributed by atoms with Crippen molar-refractivity contribution >= 4 is 29.1 Å². The number of H-pyrrole nitrogens is 1. The van der Waals surface area contributed by atoms with E-state index in [0.717, 1.165) is 16.5 Å². The molecule has 33 heavy (non-hydrogen) atoms. The van der Waals surface area contributed by atoms with Gasteiger partial charge in [-0.15, -0.1) is 0 Å². The number of phenols is 1. The summed E-state index contributed by atoms with van der Waals surface area (Å²) in [4.78, 5) is 28.3. The van der Waals surface area contributed by atoms with Crippen molar-refractivity contribution in [3.63, 3.8) is 0 Å². The normalized spacial score (nSPS) is 12.1. The van der Waals surface area contributed by atoms with Gasteiger partial charge >= 0.3 is 6.09 Å². The number of rotatable bonds is 9. The molecule has 0 bridgehead atoms. The zero-order valence-corrected chi connectivity index (χ0v) is 18.8. The maximum absolute atomic E-state index is 12.9. The first-order valence-electron chi connectivity index (χ1n) is 10.6. The molecule has 1 aromatic heterocycles. The fourth-order valence-corrected chi connectivity index (χ4v) is 3.18. The molecule has 0 saturated heterocycles. The predicted octanol–water partition coefficient (Wildman–Crippen LogP) is 3.33. The van der Waals surface area contributed by atoms with Crippen LogP contribution in [0.5, 0.6) is 11.5 Å². The molecule has 2 amide bonds. The molecule has 9 heteroatoms. The number of methoxy groups -OCH3 is 1. The number of hydrogen-bond donors (Lipinski definition) is 4. The number of hydrogen-bond acceptors (Lipinski definition) is 6. The Morgan fingerprint density at radius 1 is 1.21 bits per heavy atom. The van der Waals surface area contributed by atoms with E-state index >= 15 is 0 Å². The van der Waals surface area contributed by atoms with E-state index in [1.807, 2.05) is 44.3 Å². The van der Waals surface area contributed by atoms with Gasteiger partial charge in [-0.05, 0) is 41.3 Å². The number of hydrazone groups is 1. The molecule has 1 heterocycles. The maximum atomic E-state index is 12.9. The average Bonchev–Trinajstić information content (AvgIpc) is 3.21. The predicted molar refractivity (Wildman–Crippen MR) is 126 cm³/mol. The quantitative estimate of drug-likeness (QED) is 0.293. The minimum absolute atomic E-state index is 0.00147. The third kappa shape index (κ3) is 6.49. The van der Waals surface area contributed by atoms with Gasteiger partial charge in [0.05, 0.1) is 19.9 Å². The van der Waals surface area contributed by atoms with Gasteiger partial charge in [-0.3, -0.25) is 4.79 Å². The molecule has 0 aliphatic carbocycles. The molecule has 3 rings (SSSR count). The monoisotopic (exact) mass is 452 g/mol. The van der Waals surface area contributed by atoms with Crippen molar-refractivity contribution in [2.24, 2.45) is 11.0 Å². The molecule has 9 nitrogen and oxygen atoms in total. The number of aromatic amines is 1. The molecule has 3 aromatic rings. The number of aromatic nitrogens is 1. The Hall–Kier alpha value is -4.01. The first-order chi connectivity index (χ1) is 15.9. The fourth-order valence-electron chi connectivity index (χ4n) is 3.18. The van der Waals surface area contributed by atoms with Crippen molar-refractivity contribution < 1.29 is 24.2 Å². The highest BCUT2D eigenvalue weighted by atomic mass is 16.5. The number of alkyl carbamates (subject to hydrolysis) is 1. The van der Waals surface area contributed by atoms with Crippen molar-refractivity contribution in [1.29, 1.82) is 0 Å². The number of carbonyl (C=O) groups excluding carboxylic acids is 2. The van der Waals surface area contributed by atoms with Crippen LogP contribution in [0.25, 0.3) is 10.9 Å². The standard InChI is InChI=1S/C24H28N4O5/c1-15(2)14-33-24(31)27-20(11-17-13-25-19-7-5-4-6-18(17)19)23(30)28-26-12-16-8-9-21(29)22(10-16)32-3/h4-10,12-13,15,20,25,29H,11,14H2,1-3H3,(H,27,31)(H,28,30)/b26-12-/t20-/m0/s1. The highest BCUT2D eigenvalue weighted by molar-refractivity contribution is 5.89. The molecule has 0 spiro atoms. The lowest BCUT2D eigenvalue weighted by Crippen LogP contribution is -2.47. The van der Waals surface area contributed by atoms with Crippen molar-refractivity contribution in [3.05, 3.63) is 59.8 Å². The fraction of sp³-hybridized carbons (Fsp3) is 0.292. The third-order valence-electron chi connectivity index (χ3n) is 4.85. The van der Waals surface area contributed by atoms with E-state index in [-0.39, 0.29) is 30.4 Å². The minimum atomic E-state index is -0.907.